The Hall–Kier alpha value is -4.50. The fourth-order valence-electron chi connectivity index (χ4n) is 5.02. The molecule has 0 saturated carbocycles. The predicted molar refractivity (Wildman–Crippen MR) is 176 cm³/mol. The van der Waals surface area contributed by atoms with Crippen LogP contribution in [0.15, 0.2) is 108 Å². The first-order valence-electron chi connectivity index (χ1n) is 15.0. The molecule has 4 rings (SSSR count). The van der Waals surface area contributed by atoms with Crippen LogP contribution in [0.25, 0.3) is 0 Å². The lowest BCUT2D eigenvalue weighted by Gasteiger charge is -2.34. The van der Waals surface area contributed by atoms with E-state index in [1.54, 1.807) is 42.5 Å². The number of hydrogen-bond acceptors (Lipinski definition) is 4. The third-order valence-electron chi connectivity index (χ3n) is 7.99. The first kappa shape index (κ1) is 33.4. The predicted octanol–water partition coefficient (Wildman–Crippen LogP) is 6.19. The zero-order valence-corrected chi connectivity index (χ0v) is 26.9. The summed E-state index contributed by atoms with van der Waals surface area (Å²) in [6, 6.07) is 27.2. The van der Waals surface area contributed by atoms with Crippen molar-refractivity contribution in [3.05, 3.63) is 131 Å². The molecule has 0 aromatic heterocycles. The van der Waals surface area contributed by atoms with Crippen LogP contribution in [-0.2, 0) is 32.6 Å². The molecule has 1 N–H and O–H groups in total. The summed E-state index contributed by atoms with van der Waals surface area (Å²) in [5.74, 6) is -1.35. The van der Waals surface area contributed by atoms with E-state index in [0.29, 0.717) is 23.2 Å². The number of nitrogens with one attached hydrogen (secondary N) is 1. The van der Waals surface area contributed by atoms with Crippen molar-refractivity contribution in [2.24, 2.45) is 0 Å². The Balaban J connectivity index is 1.83. The van der Waals surface area contributed by atoms with E-state index >= 15 is 0 Å². The summed E-state index contributed by atoms with van der Waals surface area (Å²) in [5.41, 5.74) is 3.39. The molecule has 0 heterocycles. The van der Waals surface area contributed by atoms with E-state index < -0.39 is 34.3 Å². The molecule has 2 unspecified atom stereocenters. The van der Waals surface area contributed by atoms with Crippen LogP contribution >= 0.6 is 0 Å². The number of anilines is 1. The molecule has 0 aliphatic heterocycles. The van der Waals surface area contributed by atoms with Crippen molar-refractivity contribution in [3.63, 3.8) is 0 Å². The zero-order chi connectivity index (χ0) is 32.6. The SMILES string of the molecule is CCC(C)NC(=O)C(Cc1ccccc1)N(Cc1ccc(F)cc1)C(=O)CN(c1cccc(C)c1C)S(=O)(=O)c1ccccc1. The molecule has 0 saturated heterocycles. The molecule has 2 atom stereocenters. The van der Waals surface area contributed by atoms with Gasteiger partial charge < -0.3 is 10.2 Å². The van der Waals surface area contributed by atoms with Gasteiger partial charge in [-0.25, -0.2) is 12.8 Å². The number of nitrogens with zero attached hydrogens (tertiary/aromatic N) is 2. The number of halogens is 1. The van der Waals surface area contributed by atoms with Crippen LogP contribution < -0.4 is 9.62 Å². The summed E-state index contributed by atoms with van der Waals surface area (Å²) in [6.07, 6.45) is 0.885. The molecular formula is C36H40FN3O4S. The van der Waals surface area contributed by atoms with Gasteiger partial charge in [-0.15, -0.1) is 0 Å². The summed E-state index contributed by atoms with van der Waals surface area (Å²) < 4.78 is 43.3. The standard InChI is InChI=1S/C36H40FN3O4S/c1-5-27(3)38-36(42)34(23-29-14-8-6-9-15-29)39(24-30-19-21-31(37)22-20-30)35(41)25-40(33-18-12-13-26(2)28(33)4)45(43,44)32-16-10-7-11-17-32/h6-22,27,34H,5,23-25H2,1-4H3,(H,38,42). The Morgan fingerprint density at radius 2 is 1.44 bits per heavy atom. The smallest absolute Gasteiger partial charge is 0.264 e. The maximum absolute atomic E-state index is 14.5. The second-order valence-corrected chi connectivity index (χ2v) is 13.1. The summed E-state index contributed by atoms with van der Waals surface area (Å²) in [4.78, 5) is 29.9. The molecule has 236 valence electrons. The highest BCUT2D eigenvalue weighted by Crippen LogP contribution is 2.29. The molecule has 4 aromatic rings. The molecule has 7 nitrogen and oxygen atoms in total. The molecule has 0 radical (unpaired) electrons. The van der Waals surface area contributed by atoms with Crippen molar-refractivity contribution in [2.45, 2.75) is 64.1 Å². The van der Waals surface area contributed by atoms with Crippen LogP contribution in [-0.4, -0.2) is 43.8 Å². The van der Waals surface area contributed by atoms with Gasteiger partial charge in [-0.1, -0.05) is 79.7 Å². The summed E-state index contributed by atoms with van der Waals surface area (Å²) >= 11 is 0. The van der Waals surface area contributed by atoms with Crippen LogP contribution in [0.5, 0.6) is 0 Å². The van der Waals surface area contributed by atoms with Gasteiger partial charge in [-0.3, -0.25) is 13.9 Å². The van der Waals surface area contributed by atoms with Gasteiger partial charge in [0.05, 0.1) is 10.6 Å². The van der Waals surface area contributed by atoms with Crippen molar-refractivity contribution in [3.8, 4) is 0 Å². The van der Waals surface area contributed by atoms with Crippen molar-refractivity contribution < 1.29 is 22.4 Å². The van der Waals surface area contributed by atoms with Gasteiger partial charge in [0.2, 0.25) is 11.8 Å². The lowest BCUT2D eigenvalue weighted by Crippen LogP contribution is -2.54. The van der Waals surface area contributed by atoms with Gasteiger partial charge in [-0.2, -0.15) is 0 Å². The van der Waals surface area contributed by atoms with E-state index in [2.05, 4.69) is 5.32 Å². The average molecular weight is 630 g/mol. The average Bonchev–Trinajstić information content (AvgIpc) is 3.04. The number of sulfonamides is 1. The van der Waals surface area contributed by atoms with Gasteiger partial charge in [0.25, 0.3) is 10.0 Å². The highest BCUT2D eigenvalue weighted by Gasteiger charge is 2.35. The van der Waals surface area contributed by atoms with Gasteiger partial charge in [0.15, 0.2) is 0 Å². The Labute approximate surface area is 265 Å². The third kappa shape index (κ3) is 8.36. The van der Waals surface area contributed by atoms with E-state index in [1.807, 2.05) is 64.1 Å². The minimum Gasteiger partial charge on any atom is -0.352 e. The number of aryl methyl sites for hydroxylation is 1. The van der Waals surface area contributed by atoms with Gasteiger partial charge in [0.1, 0.15) is 18.4 Å². The minimum atomic E-state index is -4.19. The van der Waals surface area contributed by atoms with Gasteiger partial charge in [-0.05, 0) is 79.8 Å². The topological polar surface area (TPSA) is 86.8 Å². The largest absolute Gasteiger partial charge is 0.352 e. The van der Waals surface area contributed by atoms with Gasteiger partial charge in [0, 0.05) is 19.0 Å². The van der Waals surface area contributed by atoms with E-state index in [0.717, 1.165) is 15.4 Å². The fourth-order valence-corrected chi connectivity index (χ4v) is 6.51. The molecular weight excluding hydrogens is 589 g/mol. The second-order valence-electron chi connectivity index (χ2n) is 11.2. The number of amides is 2. The van der Waals surface area contributed by atoms with Crippen molar-refractivity contribution in [1.29, 1.82) is 0 Å². The molecule has 0 aliphatic carbocycles. The van der Waals surface area contributed by atoms with Crippen molar-refractivity contribution >= 4 is 27.5 Å². The third-order valence-corrected chi connectivity index (χ3v) is 9.77. The summed E-state index contributed by atoms with van der Waals surface area (Å²) in [6.45, 7) is 6.95. The Kier molecular flexibility index (Phi) is 11.1. The van der Waals surface area contributed by atoms with E-state index in [4.69, 9.17) is 0 Å². The number of hydrogen-bond donors (Lipinski definition) is 1. The maximum atomic E-state index is 14.5. The first-order chi connectivity index (χ1) is 21.5. The highest BCUT2D eigenvalue weighted by molar-refractivity contribution is 7.92. The van der Waals surface area contributed by atoms with Crippen LogP contribution in [0.4, 0.5) is 10.1 Å². The lowest BCUT2D eigenvalue weighted by molar-refractivity contribution is -0.140. The molecule has 9 heteroatoms. The number of rotatable bonds is 13. The number of carbonyl (C=O) groups is 2. The van der Waals surface area contributed by atoms with Crippen LogP contribution in [0, 0.1) is 19.7 Å². The summed E-state index contributed by atoms with van der Waals surface area (Å²) in [7, 11) is -4.19. The Bertz CT molecular complexity index is 1700. The minimum absolute atomic E-state index is 0.0312. The maximum Gasteiger partial charge on any atom is 0.264 e. The molecule has 2 amide bonds. The number of carbonyl (C=O) groups excluding carboxylic acids is 2. The summed E-state index contributed by atoms with van der Waals surface area (Å²) in [5, 5.41) is 3.01. The molecule has 0 spiro atoms. The number of benzene rings is 4. The van der Waals surface area contributed by atoms with E-state index in [1.165, 1.54) is 29.2 Å². The molecule has 4 aromatic carbocycles. The second kappa shape index (κ2) is 15.0. The normalized spacial score (nSPS) is 12.6. The Morgan fingerprint density at radius 3 is 2.07 bits per heavy atom. The molecule has 45 heavy (non-hydrogen) atoms. The molecule has 0 bridgehead atoms. The van der Waals surface area contributed by atoms with Crippen LogP contribution in [0.2, 0.25) is 0 Å². The zero-order valence-electron chi connectivity index (χ0n) is 26.1. The van der Waals surface area contributed by atoms with E-state index in [9.17, 15) is 22.4 Å². The van der Waals surface area contributed by atoms with Crippen molar-refractivity contribution in [2.75, 3.05) is 10.8 Å². The highest BCUT2D eigenvalue weighted by atomic mass is 32.2. The first-order valence-corrected chi connectivity index (χ1v) is 16.5. The van der Waals surface area contributed by atoms with Crippen LogP contribution in [0.1, 0.15) is 42.5 Å². The van der Waals surface area contributed by atoms with Crippen LogP contribution in [0.3, 0.4) is 0 Å². The fraction of sp³-hybridized carbons (Fsp3) is 0.278. The van der Waals surface area contributed by atoms with E-state index in [-0.39, 0.29) is 29.8 Å². The lowest BCUT2D eigenvalue weighted by atomic mass is 10.0. The quantitative estimate of drug-likeness (QED) is 0.191. The monoisotopic (exact) mass is 629 g/mol. The molecule has 0 aliphatic rings. The molecule has 0 fully saturated rings. The van der Waals surface area contributed by atoms with Crippen molar-refractivity contribution in [1.82, 2.24) is 10.2 Å². The van der Waals surface area contributed by atoms with Gasteiger partial charge >= 0.3 is 0 Å². The Morgan fingerprint density at radius 1 is 0.822 bits per heavy atom.